The molecule has 3 aliphatic rings. The fourth-order valence-corrected chi connectivity index (χ4v) is 5.44. The lowest BCUT2D eigenvalue weighted by molar-refractivity contribution is -0.152. The largest absolute Gasteiger partial charge is 0.383 e. The third-order valence-corrected chi connectivity index (χ3v) is 7.31. The van der Waals surface area contributed by atoms with Crippen molar-refractivity contribution in [1.82, 2.24) is 14.9 Å². The summed E-state index contributed by atoms with van der Waals surface area (Å²) in [7, 11) is 0. The van der Waals surface area contributed by atoms with Crippen LogP contribution in [0.25, 0.3) is 11.4 Å². The fourth-order valence-electron chi connectivity index (χ4n) is 5.44. The molecule has 31 heavy (non-hydrogen) atoms. The Morgan fingerprint density at radius 3 is 2.61 bits per heavy atom. The standard InChI is InChI=1S/C25H31N3O3/c29-21(18-7-3-1-4-8-18)24(30)28-14-12-25(13-15-28)22-20(11-16-31-25)17-26-23(27-22)19-9-5-2-6-10-19/h2,5-6,9-10,17-18,21,29H,1,3-4,7-8,11-16H2/t21-/m1/s1. The van der Waals surface area contributed by atoms with Crippen LogP contribution in [-0.2, 0) is 21.6 Å². The van der Waals surface area contributed by atoms with E-state index < -0.39 is 11.7 Å². The maximum atomic E-state index is 13.0. The highest BCUT2D eigenvalue weighted by Gasteiger charge is 2.44. The molecule has 0 radical (unpaired) electrons. The molecular weight excluding hydrogens is 390 g/mol. The van der Waals surface area contributed by atoms with E-state index in [0.29, 0.717) is 32.5 Å². The number of amides is 1. The molecule has 1 aromatic heterocycles. The van der Waals surface area contributed by atoms with Gasteiger partial charge >= 0.3 is 0 Å². The first-order valence-corrected chi connectivity index (χ1v) is 11.7. The van der Waals surface area contributed by atoms with Gasteiger partial charge in [0.15, 0.2) is 5.82 Å². The van der Waals surface area contributed by atoms with E-state index in [1.165, 1.54) is 6.42 Å². The van der Waals surface area contributed by atoms with Gasteiger partial charge in [0.1, 0.15) is 11.7 Å². The summed E-state index contributed by atoms with van der Waals surface area (Å²) in [4.78, 5) is 24.3. The Bertz CT molecular complexity index is 919. The SMILES string of the molecule is O=C([C@H](O)C1CCCCC1)N1CCC2(CC1)OCCc1cnc(-c3ccccc3)nc12. The van der Waals surface area contributed by atoms with E-state index in [1.54, 1.807) is 0 Å². The van der Waals surface area contributed by atoms with Crippen molar-refractivity contribution in [2.24, 2.45) is 5.92 Å². The van der Waals surface area contributed by atoms with Crippen LogP contribution in [0.4, 0.5) is 0 Å². The summed E-state index contributed by atoms with van der Waals surface area (Å²) < 4.78 is 6.34. The first-order chi connectivity index (χ1) is 15.2. The average Bonchev–Trinajstić information content (AvgIpc) is 2.85. The number of carbonyl (C=O) groups excluding carboxylic acids is 1. The molecule has 6 heteroatoms. The summed E-state index contributed by atoms with van der Waals surface area (Å²) >= 11 is 0. The second kappa shape index (κ2) is 8.67. The molecule has 1 saturated carbocycles. The van der Waals surface area contributed by atoms with E-state index in [-0.39, 0.29) is 11.8 Å². The third kappa shape index (κ3) is 3.99. The zero-order chi connectivity index (χ0) is 21.3. The van der Waals surface area contributed by atoms with Gasteiger partial charge in [-0.25, -0.2) is 9.97 Å². The van der Waals surface area contributed by atoms with Gasteiger partial charge < -0.3 is 14.7 Å². The molecule has 6 nitrogen and oxygen atoms in total. The van der Waals surface area contributed by atoms with Gasteiger partial charge in [0.05, 0.1) is 12.3 Å². The number of rotatable bonds is 3. The van der Waals surface area contributed by atoms with Gasteiger partial charge in [-0.15, -0.1) is 0 Å². The maximum absolute atomic E-state index is 13.0. The molecule has 1 aliphatic carbocycles. The Labute approximate surface area is 183 Å². The Balaban J connectivity index is 1.33. The van der Waals surface area contributed by atoms with Gasteiger partial charge in [-0.2, -0.15) is 0 Å². The first-order valence-electron chi connectivity index (χ1n) is 11.7. The number of ether oxygens (including phenoxy) is 1. The van der Waals surface area contributed by atoms with Crippen LogP contribution in [-0.4, -0.2) is 51.7 Å². The van der Waals surface area contributed by atoms with E-state index in [2.05, 4.69) is 4.98 Å². The van der Waals surface area contributed by atoms with Gasteiger partial charge in [0.2, 0.25) is 0 Å². The molecule has 2 aliphatic heterocycles. The minimum atomic E-state index is -0.860. The highest BCUT2D eigenvalue weighted by Crippen LogP contribution is 2.41. The summed E-state index contributed by atoms with van der Waals surface area (Å²) in [5.41, 5.74) is 2.65. The zero-order valence-corrected chi connectivity index (χ0v) is 18.0. The van der Waals surface area contributed by atoms with Crippen molar-refractivity contribution in [3.63, 3.8) is 0 Å². The minimum Gasteiger partial charge on any atom is -0.383 e. The van der Waals surface area contributed by atoms with Gasteiger partial charge in [0, 0.05) is 24.8 Å². The van der Waals surface area contributed by atoms with Crippen molar-refractivity contribution in [1.29, 1.82) is 0 Å². The normalized spacial score (nSPS) is 22.2. The summed E-state index contributed by atoms with van der Waals surface area (Å²) in [5, 5.41) is 10.7. The molecule has 2 aromatic rings. The predicted molar refractivity (Wildman–Crippen MR) is 117 cm³/mol. The smallest absolute Gasteiger partial charge is 0.251 e. The molecule has 1 N–H and O–H groups in total. The summed E-state index contributed by atoms with van der Waals surface area (Å²) in [6, 6.07) is 10.0. The average molecular weight is 422 g/mol. The maximum Gasteiger partial charge on any atom is 0.251 e. The van der Waals surface area contributed by atoms with E-state index in [9.17, 15) is 9.90 Å². The number of aliphatic hydroxyl groups excluding tert-OH is 1. The Hall–Kier alpha value is -2.31. The molecule has 5 rings (SSSR count). The number of nitrogens with zero attached hydrogens (tertiary/aromatic N) is 3. The number of benzene rings is 1. The number of hydrogen-bond donors (Lipinski definition) is 1. The lowest BCUT2D eigenvalue weighted by Crippen LogP contribution is -2.52. The molecule has 0 unspecified atom stereocenters. The molecule has 1 aromatic carbocycles. The van der Waals surface area contributed by atoms with E-state index in [1.807, 2.05) is 41.4 Å². The van der Waals surface area contributed by atoms with Gasteiger partial charge in [-0.05, 0) is 43.6 Å². The van der Waals surface area contributed by atoms with E-state index in [0.717, 1.165) is 54.7 Å². The van der Waals surface area contributed by atoms with Crippen LogP contribution in [0.1, 0.15) is 56.2 Å². The monoisotopic (exact) mass is 421 g/mol. The number of likely N-dealkylation sites (tertiary alicyclic amines) is 1. The number of aromatic nitrogens is 2. The number of hydrogen-bond acceptors (Lipinski definition) is 5. The number of fused-ring (bicyclic) bond motifs is 2. The van der Waals surface area contributed by atoms with Gasteiger partial charge in [-0.1, -0.05) is 49.6 Å². The lowest BCUT2D eigenvalue weighted by atomic mass is 9.82. The van der Waals surface area contributed by atoms with Crippen LogP contribution in [0.2, 0.25) is 0 Å². The lowest BCUT2D eigenvalue weighted by Gasteiger charge is -2.44. The summed E-state index contributed by atoms with van der Waals surface area (Å²) in [6.45, 7) is 1.83. The Morgan fingerprint density at radius 2 is 1.87 bits per heavy atom. The second-order valence-electron chi connectivity index (χ2n) is 9.19. The third-order valence-electron chi connectivity index (χ3n) is 7.31. The summed E-state index contributed by atoms with van der Waals surface area (Å²) in [5.74, 6) is 0.728. The van der Waals surface area contributed by atoms with Crippen molar-refractivity contribution < 1.29 is 14.6 Å². The number of aliphatic hydroxyl groups is 1. The molecule has 164 valence electrons. The number of carbonyl (C=O) groups is 1. The van der Waals surface area contributed by atoms with Crippen LogP contribution in [0.5, 0.6) is 0 Å². The Kier molecular flexibility index (Phi) is 5.76. The zero-order valence-electron chi connectivity index (χ0n) is 18.0. The van der Waals surface area contributed by atoms with Crippen LogP contribution < -0.4 is 0 Å². The molecule has 1 atom stereocenters. The molecule has 1 amide bonds. The summed E-state index contributed by atoms with van der Waals surface area (Å²) in [6.07, 6.45) is 8.67. The highest BCUT2D eigenvalue weighted by atomic mass is 16.5. The van der Waals surface area contributed by atoms with Crippen molar-refractivity contribution in [2.75, 3.05) is 19.7 Å². The molecule has 0 bridgehead atoms. The van der Waals surface area contributed by atoms with E-state index in [4.69, 9.17) is 9.72 Å². The molecule has 1 saturated heterocycles. The van der Waals surface area contributed by atoms with Crippen LogP contribution in [0.3, 0.4) is 0 Å². The second-order valence-corrected chi connectivity index (χ2v) is 9.19. The van der Waals surface area contributed by atoms with Crippen molar-refractivity contribution in [2.45, 2.75) is 63.1 Å². The van der Waals surface area contributed by atoms with Crippen molar-refractivity contribution >= 4 is 5.91 Å². The fraction of sp³-hybridized carbons (Fsp3) is 0.560. The minimum absolute atomic E-state index is 0.106. The van der Waals surface area contributed by atoms with Crippen molar-refractivity contribution in [3.8, 4) is 11.4 Å². The van der Waals surface area contributed by atoms with Gasteiger partial charge in [-0.3, -0.25) is 4.79 Å². The molecule has 2 fully saturated rings. The Morgan fingerprint density at radius 1 is 1.13 bits per heavy atom. The molecule has 1 spiro atoms. The molecule has 3 heterocycles. The number of piperidine rings is 1. The van der Waals surface area contributed by atoms with E-state index >= 15 is 0 Å². The van der Waals surface area contributed by atoms with Crippen molar-refractivity contribution in [3.05, 3.63) is 47.8 Å². The molecular formula is C25H31N3O3. The van der Waals surface area contributed by atoms with Crippen LogP contribution in [0, 0.1) is 5.92 Å². The van der Waals surface area contributed by atoms with Gasteiger partial charge in [0.25, 0.3) is 5.91 Å². The highest BCUT2D eigenvalue weighted by molar-refractivity contribution is 5.81. The predicted octanol–water partition coefficient (Wildman–Crippen LogP) is 3.48. The van der Waals surface area contributed by atoms with Crippen LogP contribution >= 0.6 is 0 Å². The topological polar surface area (TPSA) is 75.5 Å². The van der Waals surface area contributed by atoms with Crippen LogP contribution in [0.15, 0.2) is 36.5 Å². The quantitative estimate of drug-likeness (QED) is 0.821. The first kappa shape index (κ1) is 20.6.